The molecule has 6 heteroatoms. The summed E-state index contributed by atoms with van der Waals surface area (Å²) < 4.78 is 1.45. The molecule has 3 rings (SSSR count). The molecule has 0 amide bonds. The largest absolute Gasteiger partial charge is 0.287 e. The van der Waals surface area contributed by atoms with E-state index in [1.54, 1.807) is 12.1 Å². The first-order valence-electron chi connectivity index (χ1n) is 6.21. The van der Waals surface area contributed by atoms with Crippen molar-refractivity contribution in [2.45, 2.75) is 6.92 Å². The van der Waals surface area contributed by atoms with Crippen molar-refractivity contribution in [3.05, 3.63) is 59.3 Å². The van der Waals surface area contributed by atoms with Gasteiger partial charge in [-0.15, -0.1) is 0 Å². The minimum absolute atomic E-state index is 0.161. The third-order valence-corrected chi connectivity index (χ3v) is 3.37. The van der Waals surface area contributed by atoms with Gasteiger partial charge in [0.15, 0.2) is 0 Å². The first-order valence-corrected chi connectivity index (χ1v) is 6.59. The second kappa shape index (κ2) is 5.10. The number of hydrogen-bond acceptors (Lipinski definition) is 4. The fraction of sp³-hybridized carbons (Fsp3) is 0.0667. The Morgan fingerprint density at radius 1 is 1.19 bits per heavy atom. The van der Waals surface area contributed by atoms with Gasteiger partial charge in [-0.2, -0.15) is 0 Å². The van der Waals surface area contributed by atoms with Crippen molar-refractivity contribution < 1.29 is 9.59 Å². The molecule has 0 aliphatic carbocycles. The molecule has 21 heavy (non-hydrogen) atoms. The average molecular weight is 300 g/mol. The number of halogens is 1. The summed E-state index contributed by atoms with van der Waals surface area (Å²) in [4.78, 5) is 32.0. The highest BCUT2D eigenvalue weighted by molar-refractivity contribution is 6.30. The first kappa shape index (κ1) is 13.5. The lowest BCUT2D eigenvalue weighted by molar-refractivity contribution is 0.0941. The van der Waals surface area contributed by atoms with Crippen LogP contribution in [0.1, 0.15) is 27.8 Å². The van der Waals surface area contributed by atoms with Gasteiger partial charge in [-0.3, -0.25) is 14.2 Å². The fourth-order valence-electron chi connectivity index (χ4n) is 2.22. The Labute approximate surface area is 125 Å². The zero-order valence-electron chi connectivity index (χ0n) is 11.1. The molecule has 5 nitrogen and oxygen atoms in total. The number of hydrogen-bond donors (Lipinski definition) is 0. The molecule has 0 spiro atoms. The highest BCUT2D eigenvalue weighted by Crippen LogP contribution is 2.23. The van der Waals surface area contributed by atoms with Gasteiger partial charge in [-0.25, -0.2) is 9.97 Å². The van der Waals surface area contributed by atoms with Crippen molar-refractivity contribution in [3.63, 3.8) is 0 Å². The average Bonchev–Trinajstić information content (AvgIpc) is 2.86. The molecule has 3 aromatic rings. The molecule has 0 aliphatic rings. The van der Waals surface area contributed by atoms with Crippen molar-refractivity contribution in [1.82, 2.24) is 14.5 Å². The van der Waals surface area contributed by atoms with Gasteiger partial charge >= 0.3 is 0 Å². The van der Waals surface area contributed by atoms with E-state index in [9.17, 15) is 9.59 Å². The molecule has 0 aliphatic heterocycles. The number of ketones is 1. The van der Waals surface area contributed by atoms with Crippen molar-refractivity contribution in [3.8, 4) is 0 Å². The molecule has 0 saturated carbocycles. The van der Waals surface area contributed by atoms with Gasteiger partial charge in [0.25, 0.3) is 0 Å². The normalized spacial score (nSPS) is 10.8. The Bertz CT molecular complexity index is 870. The number of fused-ring (bicyclic) bond motifs is 1. The molecule has 0 bridgehead atoms. The maximum absolute atomic E-state index is 12.6. The molecule has 0 fully saturated rings. The second-order valence-corrected chi connectivity index (χ2v) is 4.89. The van der Waals surface area contributed by atoms with Crippen molar-refractivity contribution in [2.75, 3.05) is 0 Å². The highest BCUT2D eigenvalue weighted by atomic mass is 35.5. The zero-order valence-corrected chi connectivity index (χ0v) is 11.8. The number of para-hydroxylation sites is 1. The van der Waals surface area contributed by atoms with Crippen molar-refractivity contribution >= 4 is 34.2 Å². The van der Waals surface area contributed by atoms with Crippen LogP contribution in [0.3, 0.4) is 0 Å². The third-order valence-electron chi connectivity index (χ3n) is 3.16. The zero-order chi connectivity index (χ0) is 15.0. The first-order chi connectivity index (χ1) is 10.1. The monoisotopic (exact) mass is 299 g/mol. The van der Waals surface area contributed by atoms with Crippen LogP contribution in [0.2, 0.25) is 5.15 Å². The van der Waals surface area contributed by atoms with E-state index in [4.69, 9.17) is 11.6 Å². The van der Waals surface area contributed by atoms with Crippen LogP contribution in [0.15, 0.2) is 42.9 Å². The summed E-state index contributed by atoms with van der Waals surface area (Å²) in [7, 11) is 0. The fourth-order valence-corrected chi connectivity index (χ4v) is 2.36. The number of carbonyl (C=O) groups is 2. The molecule has 2 heterocycles. The second-order valence-electron chi connectivity index (χ2n) is 4.50. The Balaban J connectivity index is 2.21. The molecule has 0 saturated heterocycles. The van der Waals surface area contributed by atoms with Gasteiger partial charge in [-0.1, -0.05) is 29.8 Å². The molecule has 0 unspecified atom stereocenters. The lowest BCUT2D eigenvalue weighted by atomic mass is 10.1. The maximum Gasteiger partial charge on any atom is 0.227 e. The Morgan fingerprint density at radius 3 is 2.67 bits per heavy atom. The number of aromatic nitrogens is 3. The van der Waals surface area contributed by atoms with Gasteiger partial charge in [-0.05, 0) is 6.07 Å². The van der Waals surface area contributed by atoms with Gasteiger partial charge in [0.2, 0.25) is 11.7 Å². The molecule has 1 aromatic carbocycles. The smallest absolute Gasteiger partial charge is 0.227 e. The van der Waals surface area contributed by atoms with E-state index in [0.717, 1.165) is 0 Å². The van der Waals surface area contributed by atoms with Crippen LogP contribution in [-0.4, -0.2) is 26.2 Å². The van der Waals surface area contributed by atoms with Crippen LogP contribution in [0.4, 0.5) is 0 Å². The van der Waals surface area contributed by atoms with E-state index in [0.29, 0.717) is 16.5 Å². The van der Waals surface area contributed by atoms with Crippen molar-refractivity contribution in [2.24, 2.45) is 0 Å². The van der Waals surface area contributed by atoms with E-state index in [1.165, 1.54) is 30.1 Å². The summed E-state index contributed by atoms with van der Waals surface area (Å²) in [6, 6.07) is 8.63. The van der Waals surface area contributed by atoms with Crippen LogP contribution >= 0.6 is 11.6 Å². The minimum atomic E-state index is -0.296. The summed E-state index contributed by atoms with van der Waals surface area (Å²) in [6.45, 7) is 1.45. The Kier molecular flexibility index (Phi) is 3.27. The predicted octanol–water partition coefficient (Wildman–Crippen LogP) is 2.98. The molecule has 104 valence electrons. The van der Waals surface area contributed by atoms with E-state index < -0.39 is 0 Å². The molecule has 0 atom stereocenters. The van der Waals surface area contributed by atoms with Crippen LogP contribution in [0.5, 0.6) is 0 Å². The van der Waals surface area contributed by atoms with Crippen molar-refractivity contribution in [1.29, 1.82) is 0 Å². The summed E-state index contributed by atoms with van der Waals surface area (Å²) in [6.07, 6.45) is 2.77. The van der Waals surface area contributed by atoms with Crippen LogP contribution < -0.4 is 0 Å². The van der Waals surface area contributed by atoms with Gasteiger partial charge in [0, 0.05) is 24.6 Å². The standard InChI is InChI=1S/C15H10ClN3O2/c1-9(20)19-7-11(10-4-2-3-5-13(10)19)15(21)12-6-14(16)18-8-17-12/h2-8H,1H3. The molecule has 0 N–H and O–H groups in total. The molecule has 2 aromatic heterocycles. The summed E-state index contributed by atoms with van der Waals surface area (Å²) >= 11 is 5.79. The van der Waals surface area contributed by atoms with E-state index in [1.807, 2.05) is 12.1 Å². The molecular formula is C15H10ClN3O2. The predicted molar refractivity (Wildman–Crippen MR) is 78.7 cm³/mol. The van der Waals surface area contributed by atoms with Gasteiger partial charge < -0.3 is 0 Å². The third kappa shape index (κ3) is 2.32. The minimum Gasteiger partial charge on any atom is -0.287 e. The van der Waals surface area contributed by atoms with Gasteiger partial charge in [0.1, 0.15) is 17.2 Å². The molecular weight excluding hydrogens is 290 g/mol. The van der Waals surface area contributed by atoms with E-state index in [-0.39, 0.29) is 22.5 Å². The Morgan fingerprint density at radius 2 is 1.95 bits per heavy atom. The number of rotatable bonds is 2. The number of nitrogens with zero attached hydrogens (tertiary/aromatic N) is 3. The van der Waals surface area contributed by atoms with Gasteiger partial charge in [0.05, 0.1) is 11.1 Å². The highest BCUT2D eigenvalue weighted by Gasteiger charge is 2.19. The summed E-state index contributed by atoms with van der Waals surface area (Å²) in [5, 5.41) is 0.899. The van der Waals surface area contributed by atoms with E-state index in [2.05, 4.69) is 9.97 Å². The lowest BCUT2D eigenvalue weighted by Gasteiger charge is -1.98. The number of benzene rings is 1. The number of carbonyl (C=O) groups excluding carboxylic acids is 2. The van der Waals surface area contributed by atoms with Crippen LogP contribution in [-0.2, 0) is 0 Å². The van der Waals surface area contributed by atoms with Crippen LogP contribution in [0, 0.1) is 0 Å². The van der Waals surface area contributed by atoms with E-state index >= 15 is 0 Å². The molecule has 0 radical (unpaired) electrons. The van der Waals surface area contributed by atoms with Crippen LogP contribution in [0.25, 0.3) is 10.9 Å². The topological polar surface area (TPSA) is 64.8 Å². The lowest BCUT2D eigenvalue weighted by Crippen LogP contribution is -2.05. The SMILES string of the molecule is CC(=O)n1cc(C(=O)c2cc(Cl)ncn2)c2ccccc21. The Hall–Kier alpha value is -2.53. The summed E-state index contributed by atoms with van der Waals surface area (Å²) in [5.74, 6) is -0.457. The quantitative estimate of drug-likeness (QED) is 0.539. The maximum atomic E-state index is 12.6. The summed E-state index contributed by atoms with van der Waals surface area (Å²) in [5.41, 5.74) is 1.30.